The minimum Gasteiger partial charge on any atom is -0.468 e. The molecule has 0 aromatic carbocycles. The van der Waals surface area contributed by atoms with Gasteiger partial charge in [0, 0.05) is 11.4 Å². The van der Waals surface area contributed by atoms with Crippen molar-refractivity contribution in [1.82, 2.24) is 5.32 Å². The van der Waals surface area contributed by atoms with Crippen LogP contribution in [-0.2, 0) is 16.1 Å². The molecule has 3 nitrogen and oxygen atoms in total. The highest BCUT2D eigenvalue weighted by molar-refractivity contribution is 7.09. The molecule has 0 amide bonds. The average molecular weight is 281 g/mol. The van der Waals surface area contributed by atoms with Gasteiger partial charge in [-0.05, 0) is 42.5 Å². The molecule has 0 unspecified atom stereocenters. The van der Waals surface area contributed by atoms with E-state index < -0.39 is 5.54 Å². The van der Waals surface area contributed by atoms with Crippen molar-refractivity contribution >= 4 is 17.3 Å². The second-order valence-corrected chi connectivity index (χ2v) is 7.20. The molecule has 4 heteroatoms. The number of thiophene rings is 1. The van der Waals surface area contributed by atoms with Crippen LogP contribution in [0, 0.1) is 5.41 Å². The van der Waals surface area contributed by atoms with Gasteiger partial charge in [-0.1, -0.05) is 19.9 Å². The van der Waals surface area contributed by atoms with E-state index in [4.69, 9.17) is 4.74 Å². The summed E-state index contributed by atoms with van der Waals surface area (Å²) in [5, 5.41) is 5.52. The van der Waals surface area contributed by atoms with E-state index >= 15 is 0 Å². The number of nitrogens with one attached hydrogen (secondary N) is 1. The summed E-state index contributed by atoms with van der Waals surface area (Å²) in [5.74, 6) is -0.112. The number of esters is 1. The zero-order valence-corrected chi connectivity index (χ0v) is 12.8. The van der Waals surface area contributed by atoms with Gasteiger partial charge in [-0.15, -0.1) is 11.3 Å². The maximum Gasteiger partial charge on any atom is 0.326 e. The Labute approximate surface area is 119 Å². The van der Waals surface area contributed by atoms with E-state index in [0.29, 0.717) is 5.41 Å². The van der Waals surface area contributed by atoms with Gasteiger partial charge in [0.05, 0.1) is 7.11 Å². The van der Waals surface area contributed by atoms with Gasteiger partial charge in [-0.2, -0.15) is 0 Å². The molecule has 1 aliphatic carbocycles. The van der Waals surface area contributed by atoms with Crippen LogP contribution < -0.4 is 5.32 Å². The van der Waals surface area contributed by atoms with Gasteiger partial charge in [0.1, 0.15) is 5.54 Å². The third-order valence-electron chi connectivity index (χ3n) is 4.21. The van der Waals surface area contributed by atoms with E-state index in [1.54, 1.807) is 11.3 Å². The van der Waals surface area contributed by atoms with Crippen LogP contribution in [0.2, 0.25) is 0 Å². The molecule has 1 saturated carbocycles. The standard InChI is InChI=1S/C15H23NO2S/c1-14(2)6-8-15(9-7-14,13(17)18-3)16-11-12-5-4-10-19-12/h4-5,10,16H,6-9,11H2,1-3H3. The van der Waals surface area contributed by atoms with Crippen LogP contribution in [0.15, 0.2) is 17.5 Å². The minimum atomic E-state index is -0.492. The molecule has 0 radical (unpaired) electrons. The third-order valence-corrected chi connectivity index (χ3v) is 5.09. The summed E-state index contributed by atoms with van der Waals surface area (Å²) in [5.41, 5.74) is -0.156. The van der Waals surface area contributed by atoms with E-state index in [-0.39, 0.29) is 5.97 Å². The summed E-state index contributed by atoms with van der Waals surface area (Å²) >= 11 is 1.71. The van der Waals surface area contributed by atoms with Crippen molar-refractivity contribution in [2.24, 2.45) is 5.41 Å². The van der Waals surface area contributed by atoms with Crippen molar-refractivity contribution in [3.05, 3.63) is 22.4 Å². The topological polar surface area (TPSA) is 38.3 Å². The van der Waals surface area contributed by atoms with Crippen LogP contribution >= 0.6 is 11.3 Å². The maximum atomic E-state index is 12.2. The fourth-order valence-electron chi connectivity index (χ4n) is 2.67. The number of hydrogen-bond acceptors (Lipinski definition) is 4. The largest absolute Gasteiger partial charge is 0.468 e. The Morgan fingerprint density at radius 2 is 2.05 bits per heavy atom. The predicted octanol–water partition coefficient (Wildman–Crippen LogP) is 3.35. The summed E-state index contributed by atoms with van der Waals surface area (Å²) in [6.07, 6.45) is 3.83. The monoisotopic (exact) mass is 281 g/mol. The molecule has 2 rings (SSSR count). The zero-order chi connectivity index (χ0) is 13.9. The van der Waals surface area contributed by atoms with Crippen LogP contribution in [0.25, 0.3) is 0 Å². The van der Waals surface area contributed by atoms with E-state index in [1.807, 2.05) is 6.07 Å². The Balaban J connectivity index is 2.06. The van der Waals surface area contributed by atoms with Crippen LogP contribution in [0.3, 0.4) is 0 Å². The third kappa shape index (κ3) is 3.37. The second-order valence-electron chi connectivity index (χ2n) is 6.17. The number of rotatable bonds is 4. The first kappa shape index (κ1) is 14.5. The molecule has 1 aliphatic rings. The molecule has 19 heavy (non-hydrogen) atoms. The summed E-state index contributed by atoms with van der Waals surface area (Å²) in [6.45, 7) is 5.29. The van der Waals surface area contributed by atoms with Crippen molar-refractivity contribution in [1.29, 1.82) is 0 Å². The lowest BCUT2D eigenvalue weighted by molar-refractivity contribution is -0.151. The SMILES string of the molecule is COC(=O)C1(NCc2cccs2)CCC(C)(C)CC1. The fourth-order valence-corrected chi connectivity index (χ4v) is 3.32. The van der Waals surface area contributed by atoms with Crippen LogP contribution in [0.4, 0.5) is 0 Å². The van der Waals surface area contributed by atoms with E-state index in [1.165, 1.54) is 12.0 Å². The Bertz CT molecular complexity index is 415. The van der Waals surface area contributed by atoms with Gasteiger partial charge in [0.25, 0.3) is 0 Å². The highest BCUT2D eigenvalue weighted by Crippen LogP contribution is 2.40. The van der Waals surface area contributed by atoms with E-state index in [2.05, 4.69) is 30.6 Å². The molecule has 1 heterocycles. The van der Waals surface area contributed by atoms with E-state index in [9.17, 15) is 4.79 Å². The second kappa shape index (κ2) is 5.63. The molecule has 0 bridgehead atoms. The molecule has 0 aliphatic heterocycles. The first-order chi connectivity index (χ1) is 8.97. The Hall–Kier alpha value is -0.870. The summed E-state index contributed by atoms with van der Waals surface area (Å²) < 4.78 is 5.03. The number of carbonyl (C=O) groups is 1. The quantitative estimate of drug-likeness (QED) is 0.860. The number of methoxy groups -OCH3 is 1. The smallest absolute Gasteiger partial charge is 0.326 e. The highest BCUT2D eigenvalue weighted by Gasteiger charge is 2.44. The summed E-state index contributed by atoms with van der Waals surface area (Å²) in [6, 6.07) is 4.13. The van der Waals surface area contributed by atoms with Crippen LogP contribution in [-0.4, -0.2) is 18.6 Å². The Morgan fingerprint density at radius 1 is 1.37 bits per heavy atom. The molecular weight excluding hydrogens is 258 g/mol. The van der Waals surface area contributed by atoms with Gasteiger partial charge >= 0.3 is 5.97 Å². The summed E-state index contributed by atoms with van der Waals surface area (Å²) in [4.78, 5) is 13.4. The average Bonchev–Trinajstić information content (AvgIpc) is 2.90. The molecule has 1 fully saturated rings. The fraction of sp³-hybridized carbons (Fsp3) is 0.667. The van der Waals surface area contributed by atoms with Crippen molar-refractivity contribution in [3.63, 3.8) is 0 Å². The normalized spacial score (nSPS) is 21.0. The lowest BCUT2D eigenvalue weighted by Crippen LogP contribution is -2.55. The van der Waals surface area contributed by atoms with Gasteiger partial charge in [0.2, 0.25) is 0 Å². The minimum absolute atomic E-state index is 0.112. The van der Waals surface area contributed by atoms with Crippen molar-refractivity contribution in [2.75, 3.05) is 7.11 Å². The van der Waals surface area contributed by atoms with Gasteiger partial charge in [0.15, 0.2) is 0 Å². The molecule has 0 saturated heterocycles. The number of ether oxygens (including phenoxy) is 1. The molecular formula is C15H23NO2S. The Kier molecular flexibility index (Phi) is 4.31. The van der Waals surface area contributed by atoms with Gasteiger partial charge in [-0.3, -0.25) is 10.1 Å². The lowest BCUT2D eigenvalue weighted by atomic mass is 9.69. The molecule has 1 aromatic heterocycles. The highest BCUT2D eigenvalue weighted by atomic mass is 32.1. The maximum absolute atomic E-state index is 12.2. The zero-order valence-electron chi connectivity index (χ0n) is 12.0. The van der Waals surface area contributed by atoms with Gasteiger partial charge in [-0.25, -0.2) is 0 Å². The molecule has 1 aromatic rings. The van der Waals surface area contributed by atoms with Crippen molar-refractivity contribution < 1.29 is 9.53 Å². The van der Waals surface area contributed by atoms with Crippen molar-refractivity contribution in [3.8, 4) is 0 Å². The molecule has 106 valence electrons. The number of carbonyl (C=O) groups excluding carboxylic acids is 1. The first-order valence-electron chi connectivity index (χ1n) is 6.83. The van der Waals surface area contributed by atoms with Crippen LogP contribution in [0.1, 0.15) is 44.4 Å². The summed E-state index contributed by atoms with van der Waals surface area (Å²) in [7, 11) is 1.48. The predicted molar refractivity (Wildman–Crippen MR) is 78.2 cm³/mol. The van der Waals surface area contributed by atoms with Crippen LogP contribution in [0.5, 0.6) is 0 Å². The molecule has 0 atom stereocenters. The number of hydrogen-bond donors (Lipinski definition) is 1. The lowest BCUT2D eigenvalue weighted by Gasteiger charge is -2.42. The van der Waals surface area contributed by atoms with Crippen molar-refractivity contribution in [2.45, 2.75) is 51.6 Å². The van der Waals surface area contributed by atoms with E-state index in [0.717, 1.165) is 32.2 Å². The van der Waals surface area contributed by atoms with Gasteiger partial charge < -0.3 is 4.74 Å². The Morgan fingerprint density at radius 3 is 2.58 bits per heavy atom. The first-order valence-corrected chi connectivity index (χ1v) is 7.71. The molecule has 1 N–H and O–H groups in total. The molecule has 0 spiro atoms.